The molecule has 0 saturated carbocycles. The lowest BCUT2D eigenvalue weighted by Crippen LogP contribution is -2.42. The van der Waals surface area contributed by atoms with E-state index in [1.54, 1.807) is 24.3 Å². The van der Waals surface area contributed by atoms with E-state index in [9.17, 15) is 8.42 Å². The molecule has 0 N–H and O–H groups in total. The minimum absolute atomic E-state index is 0.199. The SMILES string of the molecule is CC(C)S(=O)(=O)N1CCC(n2cc(B3OC(C)(C)C(C)(C)O3)cn2)CC1. The van der Waals surface area contributed by atoms with E-state index in [1.165, 1.54) is 0 Å². The summed E-state index contributed by atoms with van der Waals surface area (Å²) in [5.41, 5.74) is 0.146. The summed E-state index contributed by atoms with van der Waals surface area (Å²) in [4.78, 5) is 0. The highest BCUT2D eigenvalue weighted by Gasteiger charge is 2.52. The Labute approximate surface area is 157 Å². The molecule has 2 aliphatic rings. The molecule has 0 spiro atoms. The number of aromatic nitrogens is 2. The van der Waals surface area contributed by atoms with Gasteiger partial charge < -0.3 is 9.31 Å². The predicted octanol–water partition coefficient (Wildman–Crippen LogP) is 1.56. The number of hydrogen-bond acceptors (Lipinski definition) is 5. The third-order valence-electron chi connectivity index (χ3n) is 5.90. The minimum Gasteiger partial charge on any atom is -0.399 e. The molecule has 3 rings (SSSR count). The van der Waals surface area contributed by atoms with Gasteiger partial charge in [0.1, 0.15) is 0 Å². The Bertz CT molecular complexity index is 736. The van der Waals surface area contributed by atoms with Gasteiger partial charge >= 0.3 is 7.12 Å². The molecule has 1 aromatic rings. The zero-order valence-corrected chi connectivity index (χ0v) is 17.4. The van der Waals surface area contributed by atoms with Crippen molar-refractivity contribution in [1.29, 1.82) is 0 Å². The van der Waals surface area contributed by atoms with Crippen LogP contribution in [0.4, 0.5) is 0 Å². The van der Waals surface area contributed by atoms with Gasteiger partial charge in [-0.3, -0.25) is 4.68 Å². The Morgan fingerprint density at radius 3 is 2.19 bits per heavy atom. The van der Waals surface area contributed by atoms with Crippen LogP contribution in [-0.4, -0.2) is 59.2 Å². The Hall–Kier alpha value is -0.895. The molecule has 0 aromatic carbocycles. The zero-order valence-electron chi connectivity index (χ0n) is 16.6. The fourth-order valence-corrected chi connectivity index (χ4v) is 4.63. The summed E-state index contributed by atoms with van der Waals surface area (Å²) in [5, 5.41) is 4.11. The Morgan fingerprint density at radius 1 is 1.15 bits per heavy atom. The minimum atomic E-state index is -3.18. The van der Waals surface area contributed by atoms with Crippen LogP contribution in [0.3, 0.4) is 0 Å². The first kappa shape index (κ1) is 19.9. The second kappa shape index (κ2) is 6.62. The lowest BCUT2D eigenvalue weighted by Gasteiger charge is -2.32. The van der Waals surface area contributed by atoms with Gasteiger partial charge in [0.2, 0.25) is 10.0 Å². The topological polar surface area (TPSA) is 73.7 Å². The Morgan fingerprint density at radius 2 is 1.69 bits per heavy atom. The van der Waals surface area contributed by atoms with Crippen molar-refractivity contribution >= 4 is 22.6 Å². The molecule has 0 aliphatic carbocycles. The highest BCUT2D eigenvalue weighted by atomic mass is 32.2. The molecule has 0 amide bonds. The molecule has 146 valence electrons. The molecule has 3 heterocycles. The first-order chi connectivity index (χ1) is 11.9. The Kier molecular flexibility index (Phi) is 5.05. The number of nitrogens with zero attached hydrogens (tertiary/aromatic N) is 3. The number of sulfonamides is 1. The summed E-state index contributed by atoms with van der Waals surface area (Å²) < 4.78 is 40.3. The van der Waals surface area contributed by atoms with Crippen LogP contribution >= 0.6 is 0 Å². The van der Waals surface area contributed by atoms with Gasteiger partial charge in [0.05, 0.1) is 22.5 Å². The fourth-order valence-electron chi connectivity index (χ4n) is 3.31. The molecule has 0 radical (unpaired) electrons. The molecule has 26 heavy (non-hydrogen) atoms. The third-order valence-corrected chi connectivity index (χ3v) is 8.18. The van der Waals surface area contributed by atoms with Crippen molar-refractivity contribution in [2.24, 2.45) is 0 Å². The summed E-state index contributed by atoms with van der Waals surface area (Å²) in [6.45, 7) is 12.7. The van der Waals surface area contributed by atoms with E-state index in [1.807, 2.05) is 38.6 Å². The molecule has 2 aliphatic heterocycles. The third kappa shape index (κ3) is 3.46. The summed E-state index contributed by atoms with van der Waals surface area (Å²) in [6.07, 6.45) is 5.28. The van der Waals surface area contributed by atoms with Gasteiger partial charge in [0.15, 0.2) is 0 Å². The van der Waals surface area contributed by atoms with E-state index in [2.05, 4.69) is 5.10 Å². The van der Waals surface area contributed by atoms with Crippen LogP contribution in [-0.2, 0) is 19.3 Å². The maximum absolute atomic E-state index is 12.3. The van der Waals surface area contributed by atoms with Crippen molar-refractivity contribution in [3.8, 4) is 0 Å². The van der Waals surface area contributed by atoms with Gasteiger partial charge in [-0.15, -0.1) is 0 Å². The highest BCUT2D eigenvalue weighted by molar-refractivity contribution is 7.89. The van der Waals surface area contributed by atoms with E-state index in [-0.39, 0.29) is 22.5 Å². The second-order valence-electron chi connectivity index (χ2n) is 8.57. The average molecular weight is 383 g/mol. The second-order valence-corrected chi connectivity index (χ2v) is 11.1. The van der Waals surface area contributed by atoms with Gasteiger partial charge in [-0.1, -0.05) is 0 Å². The van der Waals surface area contributed by atoms with Gasteiger partial charge in [0.25, 0.3) is 0 Å². The number of hydrogen-bond donors (Lipinski definition) is 0. The average Bonchev–Trinajstić information content (AvgIpc) is 3.10. The van der Waals surface area contributed by atoms with Gasteiger partial charge in [-0.2, -0.15) is 5.10 Å². The van der Waals surface area contributed by atoms with E-state index in [0.717, 1.165) is 18.3 Å². The molecule has 9 heteroatoms. The molecule has 0 bridgehead atoms. The van der Waals surface area contributed by atoms with Crippen LogP contribution in [0.25, 0.3) is 0 Å². The summed E-state index contributed by atoms with van der Waals surface area (Å²) in [6, 6.07) is 0.199. The molecule has 2 saturated heterocycles. The van der Waals surface area contributed by atoms with Crippen molar-refractivity contribution in [1.82, 2.24) is 14.1 Å². The first-order valence-electron chi connectivity index (χ1n) is 9.33. The van der Waals surface area contributed by atoms with Crippen LogP contribution in [0.2, 0.25) is 0 Å². The first-order valence-corrected chi connectivity index (χ1v) is 10.8. The predicted molar refractivity (Wildman–Crippen MR) is 102 cm³/mol. The number of rotatable bonds is 4. The van der Waals surface area contributed by atoms with Crippen LogP contribution in [0.5, 0.6) is 0 Å². The van der Waals surface area contributed by atoms with E-state index in [4.69, 9.17) is 9.31 Å². The van der Waals surface area contributed by atoms with Gasteiger partial charge in [-0.05, 0) is 54.4 Å². The largest absolute Gasteiger partial charge is 0.498 e. The molecule has 1 aromatic heterocycles. The lowest BCUT2D eigenvalue weighted by molar-refractivity contribution is 0.00578. The zero-order chi connectivity index (χ0) is 19.3. The molecule has 2 fully saturated rings. The fraction of sp³-hybridized carbons (Fsp3) is 0.824. The normalized spacial score (nSPS) is 24.5. The highest BCUT2D eigenvalue weighted by Crippen LogP contribution is 2.36. The quantitative estimate of drug-likeness (QED) is 0.738. The van der Waals surface area contributed by atoms with Crippen molar-refractivity contribution in [2.45, 2.75) is 76.9 Å². The maximum Gasteiger partial charge on any atom is 0.498 e. The molecular formula is C17H30BN3O4S. The molecular weight excluding hydrogens is 353 g/mol. The lowest BCUT2D eigenvalue weighted by atomic mass is 9.82. The summed E-state index contributed by atoms with van der Waals surface area (Å²) >= 11 is 0. The molecule has 0 unspecified atom stereocenters. The van der Waals surface area contributed by atoms with E-state index >= 15 is 0 Å². The smallest absolute Gasteiger partial charge is 0.399 e. The van der Waals surface area contributed by atoms with Crippen molar-refractivity contribution in [3.63, 3.8) is 0 Å². The van der Waals surface area contributed by atoms with Crippen LogP contribution in [0.1, 0.15) is 60.4 Å². The summed E-state index contributed by atoms with van der Waals surface area (Å²) in [7, 11) is -3.60. The molecule has 7 nitrogen and oxygen atoms in total. The monoisotopic (exact) mass is 383 g/mol. The van der Waals surface area contributed by atoms with Crippen molar-refractivity contribution < 1.29 is 17.7 Å². The van der Waals surface area contributed by atoms with Crippen LogP contribution in [0, 0.1) is 0 Å². The summed E-state index contributed by atoms with van der Waals surface area (Å²) in [5.74, 6) is 0. The van der Waals surface area contributed by atoms with Crippen molar-refractivity contribution in [2.75, 3.05) is 13.1 Å². The van der Waals surface area contributed by atoms with E-state index < -0.39 is 17.1 Å². The standard InChI is InChI=1S/C17H30BN3O4S/c1-13(2)26(22,23)20-9-7-15(8-10-20)21-12-14(11-19-21)18-24-16(3,4)17(5,6)25-18/h11-13,15H,7-10H2,1-6H3. The van der Waals surface area contributed by atoms with Gasteiger partial charge in [-0.25, -0.2) is 12.7 Å². The number of piperidine rings is 1. The van der Waals surface area contributed by atoms with Crippen LogP contribution in [0.15, 0.2) is 12.4 Å². The Balaban J connectivity index is 1.65. The maximum atomic E-state index is 12.3. The molecule has 0 atom stereocenters. The van der Waals surface area contributed by atoms with E-state index in [0.29, 0.717) is 13.1 Å². The van der Waals surface area contributed by atoms with Crippen LogP contribution < -0.4 is 5.46 Å². The van der Waals surface area contributed by atoms with Gasteiger partial charge in [0, 0.05) is 30.9 Å². The van der Waals surface area contributed by atoms with Crippen molar-refractivity contribution in [3.05, 3.63) is 12.4 Å².